The normalized spacial score (nSPS) is 10.2. The molecule has 0 spiro atoms. The summed E-state index contributed by atoms with van der Waals surface area (Å²) < 4.78 is 0. The van der Waals surface area contributed by atoms with E-state index in [1.165, 1.54) is 19.0 Å². The third-order valence-corrected chi connectivity index (χ3v) is 7.00. The van der Waals surface area contributed by atoms with E-state index in [4.69, 9.17) is 0 Å². The summed E-state index contributed by atoms with van der Waals surface area (Å²) in [5, 5.41) is 19.8. The Bertz CT molecular complexity index is 2090. The van der Waals surface area contributed by atoms with Crippen LogP contribution in [0.4, 0.5) is 0 Å². The van der Waals surface area contributed by atoms with Gasteiger partial charge < -0.3 is 0 Å². The maximum absolute atomic E-state index is 4.49. The third kappa shape index (κ3) is 9.23. The van der Waals surface area contributed by atoms with E-state index < -0.39 is 0 Å². The van der Waals surface area contributed by atoms with Gasteiger partial charge in [0.25, 0.3) is 0 Å². The SMILES string of the molecule is [Tb].c1ccc(-c2cccc(-c3ncn[nH]3)n2)nc1.c1ccc(-c2cccc(-c3ncn[nH]3)n2)nc1.c1ccc(-c2cccc(-c3ncn[nH]3)n2)nc1. The van der Waals surface area contributed by atoms with Crippen molar-refractivity contribution in [2.24, 2.45) is 0 Å². The number of aromatic amines is 3. The maximum atomic E-state index is 4.49. The molecule has 0 unspecified atom stereocenters. The van der Waals surface area contributed by atoms with Gasteiger partial charge in [-0.25, -0.2) is 29.9 Å². The van der Waals surface area contributed by atoms with Crippen LogP contribution in [0, 0.1) is 38.6 Å². The van der Waals surface area contributed by atoms with Gasteiger partial charge in [0.05, 0.1) is 34.2 Å². The summed E-state index contributed by atoms with van der Waals surface area (Å²) in [5.74, 6) is 1.97. The molecule has 16 heteroatoms. The van der Waals surface area contributed by atoms with Gasteiger partial charge in [-0.1, -0.05) is 36.4 Å². The fraction of sp³-hybridized carbons (Fsp3) is 0. The Morgan fingerprint density at radius 2 is 0.577 bits per heavy atom. The minimum atomic E-state index is 0. The molecule has 52 heavy (non-hydrogen) atoms. The molecule has 15 nitrogen and oxygen atoms in total. The van der Waals surface area contributed by atoms with Crippen LogP contribution in [0.25, 0.3) is 68.7 Å². The largest absolute Gasteiger partial charge is 0.258 e. The molecule has 0 bridgehead atoms. The Labute approximate surface area is 327 Å². The fourth-order valence-electron chi connectivity index (χ4n) is 4.66. The zero-order valence-corrected chi connectivity index (χ0v) is 29.2. The van der Waals surface area contributed by atoms with Crippen molar-refractivity contribution in [1.82, 2.24) is 75.4 Å². The van der Waals surface area contributed by atoms with E-state index >= 15 is 0 Å². The van der Waals surface area contributed by atoms with Crippen LogP contribution in [-0.4, -0.2) is 75.4 Å². The zero-order valence-electron chi connectivity index (χ0n) is 27.1. The molecule has 255 valence electrons. The van der Waals surface area contributed by atoms with Gasteiger partial charge >= 0.3 is 0 Å². The van der Waals surface area contributed by atoms with E-state index in [9.17, 15) is 0 Å². The average molecular weight is 829 g/mol. The summed E-state index contributed by atoms with van der Waals surface area (Å²) >= 11 is 0. The first kappa shape index (κ1) is 35.4. The molecule has 0 atom stereocenters. The van der Waals surface area contributed by atoms with Gasteiger partial charge in [0, 0.05) is 57.2 Å². The van der Waals surface area contributed by atoms with Crippen molar-refractivity contribution in [1.29, 1.82) is 0 Å². The molecule has 0 aromatic carbocycles. The summed E-state index contributed by atoms with van der Waals surface area (Å²) in [7, 11) is 0. The van der Waals surface area contributed by atoms with Crippen LogP contribution in [0.3, 0.4) is 0 Å². The van der Waals surface area contributed by atoms with Crippen LogP contribution in [-0.2, 0) is 0 Å². The fourth-order valence-corrected chi connectivity index (χ4v) is 4.66. The Morgan fingerprint density at radius 3 is 0.827 bits per heavy atom. The maximum Gasteiger partial charge on any atom is 0.174 e. The molecule has 0 aliphatic carbocycles. The Hall–Kier alpha value is -6.39. The number of hydrogen-bond acceptors (Lipinski definition) is 12. The van der Waals surface area contributed by atoms with Crippen molar-refractivity contribution < 1.29 is 38.6 Å². The van der Waals surface area contributed by atoms with Gasteiger partial charge in [0.2, 0.25) is 0 Å². The number of hydrogen-bond donors (Lipinski definition) is 3. The molecule has 0 aliphatic heterocycles. The minimum Gasteiger partial charge on any atom is -0.258 e. The van der Waals surface area contributed by atoms with Crippen LogP contribution in [0.1, 0.15) is 0 Å². The summed E-state index contributed by atoms with van der Waals surface area (Å²) in [5.41, 5.74) is 7.25. The van der Waals surface area contributed by atoms with E-state index in [0.717, 1.165) is 51.2 Å². The molecular formula is C36H27N15Tb. The quantitative estimate of drug-likeness (QED) is 0.183. The zero-order chi connectivity index (χ0) is 34.5. The van der Waals surface area contributed by atoms with E-state index in [-0.39, 0.29) is 38.6 Å². The second-order valence-electron chi connectivity index (χ2n) is 10.4. The van der Waals surface area contributed by atoms with Gasteiger partial charge in [-0.05, 0) is 72.8 Å². The smallest absolute Gasteiger partial charge is 0.174 e. The van der Waals surface area contributed by atoms with Crippen LogP contribution in [0.2, 0.25) is 0 Å². The summed E-state index contributed by atoms with van der Waals surface area (Å²) in [6.45, 7) is 0. The molecule has 1 radical (unpaired) electrons. The van der Waals surface area contributed by atoms with E-state index in [2.05, 4.69) is 75.4 Å². The van der Waals surface area contributed by atoms with Gasteiger partial charge in [0.15, 0.2) is 17.5 Å². The number of aromatic nitrogens is 15. The van der Waals surface area contributed by atoms with Crippen molar-refractivity contribution in [3.63, 3.8) is 0 Å². The molecule has 0 saturated carbocycles. The van der Waals surface area contributed by atoms with Crippen molar-refractivity contribution >= 4 is 0 Å². The number of nitrogens with zero attached hydrogens (tertiary/aromatic N) is 12. The number of nitrogens with one attached hydrogen (secondary N) is 3. The predicted molar refractivity (Wildman–Crippen MR) is 189 cm³/mol. The first-order valence-corrected chi connectivity index (χ1v) is 15.5. The van der Waals surface area contributed by atoms with Crippen molar-refractivity contribution in [3.8, 4) is 68.7 Å². The van der Waals surface area contributed by atoms with Gasteiger partial charge in [-0.15, -0.1) is 0 Å². The molecule has 9 rings (SSSR count). The monoisotopic (exact) mass is 828 g/mol. The molecular weight excluding hydrogens is 801 g/mol. The molecule has 0 fully saturated rings. The Balaban J connectivity index is 0.000000133. The molecule has 9 heterocycles. The number of rotatable bonds is 6. The molecule has 3 N–H and O–H groups in total. The minimum absolute atomic E-state index is 0. The van der Waals surface area contributed by atoms with Crippen LogP contribution < -0.4 is 0 Å². The van der Waals surface area contributed by atoms with Gasteiger partial charge in [0.1, 0.15) is 36.1 Å². The molecule has 0 aliphatic rings. The molecule has 0 amide bonds. The Kier molecular flexibility index (Phi) is 12.3. The standard InChI is InChI=1S/3C12H9N5.Tb/c3*1-2-7-13-9(4-1)10-5-3-6-11(16-10)12-14-8-15-17-12;/h3*1-8H,(H,14,15,17);. The topological polar surface area (TPSA) is 202 Å². The van der Waals surface area contributed by atoms with Crippen LogP contribution >= 0.6 is 0 Å². The van der Waals surface area contributed by atoms with Crippen LogP contribution in [0.15, 0.2) is 147 Å². The first-order chi connectivity index (χ1) is 25.3. The van der Waals surface area contributed by atoms with Crippen molar-refractivity contribution in [2.75, 3.05) is 0 Å². The Morgan fingerprint density at radius 1 is 0.288 bits per heavy atom. The van der Waals surface area contributed by atoms with Crippen molar-refractivity contribution in [3.05, 3.63) is 147 Å². The van der Waals surface area contributed by atoms with Gasteiger partial charge in [-0.3, -0.25) is 30.2 Å². The van der Waals surface area contributed by atoms with Gasteiger partial charge in [-0.2, -0.15) is 15.3 Å². The second kappa shape index (κ2) is 18.0. The molecule has 0 saturated heterocycles. The molecule has 9 aromatic heterocycles. The summed E-state index contributed by atoms with van der Waals surface area (Å²) in [6, 6.07) is 34.4. The van der Waals surface area contributed by atoms with E-state index in [1.807, 2.05) is 109 Å². The van der Waals surface area contributed by atoms with Crippen molar-refractivity contribution in [2.45, 2.75) is 0 Å². The first-order valence-electron chi connectivity index (χ1n) is 15.5. The summed E-state index contributed by atoms with van der Waals surface area (Å²) in [4.78, 5) is 38.5. The average Bonchev–Trinajstić information content (AvgIpc) is 4.05. The third-order valence-electron chi connectivity index (χ3n) is 7.00. The summed E-state index contributed by atoms with van der Waals surface area (Å²) in [6.07, 6.45) is 9.63. The van der Waals surface area contributed by atoms with E-state index in [1.54, 1.807) is 18.6 Å². The van der Waals surface area contributed by atoms with E-state index in [0.29, 0.717) is 17.5 Å². The molecule has 9 aromatic rings. The van der Waals surface area contributed by atoms with Crippen LogP contribution in [0.5, 0.6) is 0 Å². The second-order valence-corrected chi connectivity index (χ2v) is 10.4. The predicted octanol–water partition coefficient (Wildman–Crippen LogP) is 5.79. The number of pyridine rings is 6. The number of H-pyrrole nitrogens is 3.